The van der Waals surface area contributed by atoms with E-state index in [2.05, 4.69) is 11.7 Å². The van der Waals surface area contributed by atoms with Crippen LogP contribution in [0.3, 0.4) is 0 Å². The number of aliphatic hydroxyl groups is 1. The minimum Gasteiger partial charge on any atom is -0.429 e. The molecule has 0 spiro atoms. The van der Waals surface area contributed by atoms with Gasteiger partial charge >= 0.3 is 18.3 Å². The molecule has 0 unspecified atom stereocenters. The van der Waals surface area contributed by atoms with Crippen molar-refractivity contribution < 1.29 is 67.6 Å². The van der Waals surface area contributed by atoms with Gasteiger partial charge in [-0.1, -0.05) is 57.4 Å². The zero-order chi connectivity index (χ0) is 37.5. The summed E-state index contributed by atoms with van der Waals surface area (Å²) in [6, 6.07) is 6.60. The molecule has 0 radical (unpaired) electrons. The normalized spacial score (nSPS) is 19.7. The van der Waals surface area contributed by atoms with Gasteiger partial charge in [-0.2, -0.15) is 22.0 Å². The summed E-state index contributed by atoms with van der Waals surface area (Å²) in [5.41, 5.74) is -6.17. The van der Waals surface area contributed by atoms with Gasteiger partial charge in [0.15, 0.2) is 0 Å². The van der Waals surface area contributed by atoms with Gasteiger partial charge in [0.05, 0.1) is 13.2 Å². The fourth-order valence-electron chi connectivity index (χ4n) is 5.69. The minimum absolute atomic E-state index is 0.0465. The number of alkyl halides is 5. The van der Waals surface area contributed by atoms with E-state index >= 15 is 8.78 Å². The monoisotopic (exact) mass is 734 g/mol. The number of hydrogen-bond acceptors (Lipinski definition) is 4. The molecule has 15 heteroatoms. The number of rotatable bonds is 10. The number of ether oxygens (including phenoxy) is 3. The van der Waals surface area contributed by atoms with E-state index in [1.54, 1.807) is 0 Å². The van der Waals surface area contributed by atoms with Gasteiger partial charge < -0.3 is 19.3 Å². The lowest BCUT2D eigenvalue weighted by Gasteiger charge is -2.42. The van der Waals surface area contributed by atoms with Gasteiger partial charge in [-0.25, -0.2) is 26.3 Å². The molecule has 0 amide bonds. The Bertz CT molecular complexity index is 1870. The van der Waals surface area contributed by atoms with Crippen molar-refractivity contribution in [3.8, 4) is 28.0 Å². The predicted octanol–water partition coefficient (Wildman–Crippen LogP) is 10.7. The summed E-state index contributed by atoms with van der Waals surface area (Å²) in [4.78, 5) is 0. The highest BCUT2D eigenvalue weighted by Gasteiger charge is 2.44. The van der Waals surface area contributed by atoms with Gasteiger partial charge in [0.2, 0.25) is 0 Å². The Morgan fingerprint density at radius 2 is 1.18 bits per heavy atom. The molecular weight excluding hydrogens is 705 g/mol. The van der Waals surface area contributed by atoms with E-state index in [1.807, 2.05) is 6.92 Å². The number of hydrogen-bond donors (Lipinski definition) is 1. The molecule has 51 heavy (non-hydrogen) atoms. The van der Waals surface area contributed by atoms with Crippen LogP contribution in [0.25, 0.3) is 22.3 Å². The first-order valence-electron chi connectivity index (χ1n) is 15.5. The fraction of sp³-hybridized carbons (Fsp3) is 0.333. The Morgan fingerprint density at radius 3 is 1.71 bits per heavy atom. The minimum atomic E-state index is -5.52. The fourth-order valence-corrected chi connectivity index (χ4v) is 5.69. The topological polar surface area (TPSA) is 47.9 Å². The Morgan fingerprint density at radius 1 is 0.667 bits per heavy atom. The summed E-state index contributed by atoms with van der Waals surface area (Å²) < 4.78 is 171. The van der Waals surface area contributed by atoms with Gasteiger partial charge in [-0.05, 0) is 41.8 Å². The average molecular weight is 735 g/mol. The molecule has 0 bridgehead atoms. The van der Waals surface area contributed by atoms with E-state index < -0.39 is 81.2 Å². The molecule has 0 aliphatic carbocycles. The lowest BCUT2D eigenvalue weighted by Crippen LogP contribution is -2.46. The van der Waals surface area contributed by atoms with Crippen molar-refractivity contribution in [2.24, 2.45) is 5.41 Å². The standard InChI is InChI=1S/C36H29F11O4/c1-3-4-5-10-33(2)17-49-36(48,50-18-33)21-7-9-23(26(38)14-21)19-6-8-24(25(37)11-19)20-12-27(39)32(28(40)13-20)35(46,47)51-22-15-29(41)31(30(42)16-22)34(43,44)45/h6-9,11-16,48H,3-5,10,17-18H2,1-2H3. The maximum atomic E-state index is 15.3. The quantitative estimate of drug-likeness (QED) is 0.130. The molecule has 1 N–H and O–H groups in total. The summed E-state index contributed by atoms with van der Waals surface area (Å²) in [7, 11) is 0. The summed E-state index contributed by atoms with van der Waals surface area (Å²) in [6.45, 7) is 4.31. The SMILES string of the molecule is CCCCCC1(C)COC(O)(c2ccc(-c3ccc(-c4cc(F)c(C(F)(F)Oc5cc(F)c(C(F)(F)F)c(F)c5)c(F)c4)c(F)c3)c(F)c2)OC1. The first kappa shape index (κ1) is 38.0. The van der Waals surface area contributed by atoms with Crippen molar-refractivity contribution in [3.05, 3.63) is 112 Å². The highest BCUT2D eigenvalue weighted by atomic mass is 19.4. The third-order valence-corrected chi connectivity index (χ3v) is 8.42. The Balaban J connectivity index is 1.35. The van der Waals surface area contributed by atoms with E-state index in [9.17, 15) is 44.6 Å². The molecular formula is C36H29F11O4. The maximum Gasteiger partial charge on any atom is 0.432 e. The van der Waals surface area contributed by atoms with Crippen molar-refractivity contribution in [3.63, 3.8) is 0 Å². The third-order valence-electron chi connectivity index (χ3n) is 8.42. The predicted molar refractivity (Wildman–Crippen MR) is 161 cm³/mol. The van der Waals surface area contributed by atoms with Crippen molar-refractivity contribution in [1.82, 2.24) is 0 Å². The summed E-state index contributed by atoms with van der Waals surface area (Å²) >= 11 is 0. The van der Waals surface area contributed by atoms with Crippen LogP contribution in [0, 0.1) is 40.3 Å². The zero-order valence-corrected chi connectivity index (χ0v) is 26.8. The highest BCUT2D eigenvalue weighted by Crippen LogP contribution is 2.42. The first-order valence-corrected chi connectivity index (χ1v) is 15.5. The molecule has 1 fully saturated rings. The van der Waals surface area contributed by atoms with Crippen molar-refractivity contribution in [2.45, 2.75) is 57.8 Å². The molecule has 1 aliphatic rings. The second-order valence-electron chi connectivity index (χ2n) is 12.5. The van der Waals surface area contributed by atoms with Crippen LogP contribution >= 0.6 is 0 Å². The van der Waals surface area contributed by atoms with Gasteiger partial charge in [0, 0.05) is 34.2 Å². The number of benzene rings is 4. The van der Waals surface area contributed by atoms with Crippen LogP contribution in [-0.4, -0.2) is 18.3 Å². The van der Waals surface area contributed by atoms with Crippen LogP contribution in [0.4, 0.5) is 48.3 Å². The molecule has 4 aromatic rings. The van der Waals surface area contributed by atoms with Crippen LogP contribution in [-0.2, 0) is 27.7 Å². The van der Waals surface area contributed by atoms with E-state index in [0.29, 0.717) is 12.1 Å². The van der Waals surface area contributed by atoms with Gasteiger partial charge in [0.25, 0.3) is 0 Å². The van der Waals surface area contributed by atoms with Gasteiger partial charge in [-0.15, -0.1) is 0 Å². The Hall–Kier alpha value is -4.21. The van der Waals surface area contributed by atoms with Crippen LogP contribution in [0.2, 0.25) is 0 Å². The van der Waals surface area contributed by atoms with Crippen molar-refractivity contribution in [2.75, 3.05) is 13.2 Å². The van der Waals surface area contributed by atoms with Crippen LogP contribution in [0.1, 0.15) is 56.2 Å². The molecule has 1 saturated heterocycles. The molecule has 1 heterocycles. The van der Waals surface area contributed by atoms with E-state index in [0.717, 1.165) is 43.9 Å². The van der Waals surface area contributed by atoms with Gasteiger partial charge in [0.1, 0.15) is 51.8 Å². The van der Waals surface area contributed by atoms with Crippen LogP contribution in [0.15, 0.2) is 60.7 Å². The summed E-state index contributed by atoms with van der Waals surface area (Å²) in [5, 5.41) is 10.9. The molecule has 4 aromatic carbocycles. The molecule has 0 atom stereocenters. The summed E-state index contributed by atoms with van der Waals surface area (Å²) in [6.07, 6.45) is -6.74. The highest BCUT2D eigenvalue weighted by molar-refractivity contribution is 5.72. The molecule has 0 aromatic heterocycles. The second kappa shape index (κ2) is 14.1. The second-order valence-corrected chi connectivity index (χ2v) is 12.5. The lowest BCUT2D eigenvalue weighted by atomic mass is 9.85. The first-order chi connectivity index (χ1) is 23.8. The molecule has 1 aliphatic heterocycles. The Labute approximate surface area is 284 Å². The summed E-state index contributed by atoms with van der Waals surface area (Å²) in [5.74, 6) is -14.4. The van der Waals surface area contributed by atoms with Crippen molar-refractivity contribution in [1.29, 1.82) is 0 Å². The lowest BCUT2D eigenvalue weighted by molar-refractivity contribution is -0.415. The van der Waals surface area contributed by atoms with Crippen LogP contribution < -0.4 is 4.74 Å². The largest absolute Gasteiger partial charge is 0.432 e. The molecule has 4 nitrogen and oxygen atoms in total. The number of unbranched alkanes of at least 4 members (excludes halogenated alkanes) is 2. The molecule has 0 saturated carbocycles. The van der Waals surface area contributed by atoms with E-state index in [4.69, 9.17) is 9.47 Å². The molecule has 5 rings (SSSR count). The Kier molecular flexibility index (Phi) is 10.5. The van der Waals surface area contributed by atoms with E-state index in [1.165, 1.54) is 18.2 Å². The van der Waals surface area contributed by atoms with Crippen molar-refractivity contribution >= 4 is 0 Å². The average Bonchev–Trinajstić information content (AvgIpc) is 3.01. The van der Waals surface area contributed by atoms with E-state index in [-0.39, 0.29) is 47.5 Å². The zero-order valence-electron chi connectivity index (χ0n) is 26.8. The van der Waals surface area contributed by atoms with Crippen LogP contribution in [0.5, 0.6) is 5.75 Å². The number of halogens is 11. The molecule has 274 valence electrons. The van der Waals surface area contributed by atoms with Gasteiger partial charge in [-0.3, -0.25) is 0 Å². The smallest absolute Gasteiger partial charge is 0.429 e. The third kappa shape index (κ3) is 8.00. The maximum absolute atomic E-state index is 15.3.